The van der Waals surface area contributed by atoms with Gasteiger partial charge in [-0.15, -0.1) is 6.58 Å². The number of rotatable bonds is 5. The summed E-state index contributed by atoms with van der Waals surface area (Å²) in [6, 6.07) is 7.09. The van der Waals surface area contributed by atoms with Gasteiger partial charge in [-0.1, -0.05) is 44.5 Å². The lowest BCUT2D eigenvalue weighted by Crippen LogP contribution is -2.28. The first kappa shape index (κ1) is 17.8. The Kier molecular flexibility index (Phi) is 5.04. The van der Waals surface area contributed by atoms with Crippen molar-refractivity contribution in [3.8, 4) is 0 Å². The smallest absolute Gasteiger partial charge is 0.264 e. The van der Waals surface area contributed by atoms with Gasteiger partial charge in [-0.3, -0.25) is 4.31 Å². The lowest BCUT2D eigenvalue weighted by atomic mass is 9.84. The second kappa shape index (κ2) is 6.52. The number of hydrogen-bond donors (Lipinski definition) is 0. The molecule has 1 heterocycles. The summed E-state index contributed by atoms with van der Waals surface area (Å²) in [5.41, 5.74) is 3.24. The summed E-state index contributed by atoms with van der Waals surface area (Å²) in [6.07, 6.45) is 4.17. The zero-order valence-corrected chi connectivity index (χ0v) is 15.4. The van der Waals surface area contributed by atoms with Gasteiger partial charge in [-0.2, -0.15) is 0 Å². The molecule has 1 aromatic rings. The second-order valence-electron chi connectivity index (χ2n) is 7.14. The average Bonchev–Trinajstić information content (AvgIpc) is 2.90. The Morgan fingerprint density at radius 3 is 2.35 bits per heavy atom. The standard InChI is InChI=1S/C19H27NO2S/c1-6-7-8-18-17(19(3,4)5)13-14-20(18)23(21,22)16-11-9-15(2)10-12-16/h6,9-12H,1,7-8,13-14H2,2-5H3. The van der Waals surface area contributed by atoms with E-state index in [1.165, 1.54) is 5.57 Å². The molecule has 0 N–H and O–H groups in total. The predicted octanol–water partition coefficient (Wildman–Crippen LogP) is 4.66. The van der Waals surface area contributed by atoms with Gasteiger partial charge in [-0.05, 0) is 49.3 Å². The monoisotopic (exact) mass is 333 g/mol. The van der Waals surface area contributed by atoms with Crippen molar-refractivity contribution in [3.63, 3.8) is 0 Å². The summed E-state index contributed by atoms with van der Waals surface area (Å²) in [5.74, 6) is 0. The highest BCUT2D eigenvalue weighted by molar-refractivity contribution is 7.89. The first-order chi connectivity index (χ1) is 10.7. The van der Waals surface area contributed by atoms with Crippen LogP contribution < -0.4 is 0 Å². The third kappa shape index (κ3) is 3.69. The SMILES string of the molecule is C=CCCC1=C(C(C)(C)C)CCN1S(=O)(=O)c1ccc(C)cc1. The summed E-state index contributed by atoms with van der Waals surface area (Å²) in [7, 11) is -3.49. The van der Waals surface area contributed by atoms with Crippen LogP contribution in [0.25, 0.3) is 0 Å². The molecule has 1 aliphatic rings. The van der Waals surface area contributed by atoms with E-state index in [9.17, 15) is 8.42 Å². The Hall–Kier alpha value is -1.55. The molecule has 1 aromatic carbocycles. The number of allylic oxidation sites excluding steroid dienone is 2. The minimum absolute atomic E-state index is 0.0198. The van der Waals surface area contributed by atoms with Crippen molar-refractivity contribution in [2.75, 3.05) is 6.54 Å². The highest BCUT2D eigenvalue weighted by atomic mass is 32.2. The van der Waals surface area contributed by atoms with Crippen LogP contribution in [0.4, 0.5) is 0 Å². The molecule has 3 nitrogen and oxygen atoms in total. The molecule has 0 bridgehead atoms. The minimum atomic E-state index is -3.49. The Bertz CT molecular complexity index is 707. The largest absolute Gasteiger partial charge is 0.270 e. The Morgan fingerprint density at radius 1 is 1.22 bits per heavy atom. The molecule has 0 spiro atoms. The quantitative estimate of drug-likeness (QED) is 0.735. The number of sulfonamides is 1. The molecule has 0 atom stereocenters. The van der Waals surface area contributed by atoms with E-state index in [0.29, 0.717) is 11.4 Å². The number of nitrogens with zero attached hydrogens (tertiary/aromatic N) is 1. The van der Waals surface area contributed by atoms with E-state index < -0.39 is 10.0 Å². The van der Waals surface area contributed by atoms with Gasteiger partial charge in [0.2, 0.25) is 0 Å². The van der Waals surface area contributed by atoms with Gasteiger partial charge < -0.3 is 0 Å². The van der Waals surface area contributed by atoms with Crippen LogP contribution in [0.3, 0.4) is 0 Å². The second-order valence-corrected chi connectivity index (χ2v) is 9.01. The third-order valence-corrected chi connectivity index (χ3v) is 6.16. The molecule has 1 aliphatic heterocycles. The van der Waals surface area contributed by atoms with Crippen molar-refractivity contribution in [1.29, 1.82) is 0 Å². The maximum Gasteiger partial charge on any atom is 0.264 e. The topological polar surface area (TPSA) is 37.4 Å². The van der Waals surface area contributed by atoms with Gasteiger partial charge >= 0.3 is 0 Å². The Labute approximate surface area is 140 Å². The first-order valence-electron chi connectivity index (χ1n) is 8.10. The highest BCUT2D eigenvalue weighted by Crippen LogP contribution is 2.40. The van der Waals surface area contributed by atoms with Crippen LogP contribution in [0.5, 0.6) is 0 Å². The van der Waals surface area contributed by atoms with Crippen LogP contribution in [0.1, 0.15) is 45.6 Å². The molecular weight excluding hydrogens is 306 g/mol. The lowest BCUT2D eigenvalue weighted by Gasteiger charge is -2.26. The van der Waals surface area contributed by atoms with Crippen LogP contribution in [0.2, 0.25) is 0 Å². The van der Waals surface area contributed by atoms with Crippen LogP contribution in [0.15, 0.2) is 53.1 Å². The molecule has 0 amide bonds. The van der Waals surface area contributed by atoms with Gasteiger partial charge in [0.15, 0.2) is 0 Å². The zero-order chi connectivity index (χ0) is 17.3. The van der Waals surface area contributed by atoms with Crippen molar-refractivity contribution >= 4 is 10.0 Å². The van der Waals surface area contributed by atoms with Crippen molar-refractivity contribution in [2.45, 2.75) is 51.9 Å². The number of hydrogen-bond acceptors (Lipinski definition) is 2. The predicted molar refractivity (Wildman–Crippen MR) is 95.6 cm³/mol. The molecule has 0 unspecified atom stereocenters. The van der Waals surface area contributed by atoms with Crippen molar-refractivity contribution in [3.05, 3.63) is 53.8 Å². The molecule has 0 aromatic heterocycles. The molecule has 0 aliphatic carbocycles. The van der Waals surface area contributed by atoms with E-state index in [0.717, 1.165) is 30.5 Å². The van der Waals surface area contributed by atoms with E-state index in [1.54, 1.807) is 16.4 Å². The van der Waals surface area contributed by atoms with E-state index >= 15 is 0 Å². The Morgan fingerprint density at radius 2 is 1.83 bits per heavy atom. The van der Waals surface area contributed by atoms with Crippen LogP contribution in [-0.2, 0) is 10.0 Å². The molecule has 0 saturated carbocycles. The maximum atomic E-state index is 13.1. The fraction of sp³-hybridized carbons (Fsp3) is 0.474. The first-order valence-corrected chi connectivity index (χ1v) is 9.54. The van der Waals surface area contributed by atoms with E-state index in [2.05, 4.69) is 27.4 Å². The van der Waals surface area contributed by atoms with Crippen LogP contribution >= 0.6 is 0 Å². The van der Waals surface area contributed by atoms with Gasteiger partial charge in [0, 0.05) is 12.2 Å². The number of aryl methyl sites for hydroxylation is 1. The van der Waals surface area contributed by atoms with Gasteiger partial charge in [0.25, 0.3) is 10.0 Å². The zero-order valence-electron chi connectivity index (χ0n) is 14.6. The van der Waals surface area contributed by atoms with Crippen molar-refractivity contribution < 1.29 is 8.42 Å². The van der Waals surface area contributed by atoms with Crippen LogP contribution in [-0.4, -0.2) is 19.3 Å². The van der Waals surface area contributed by atoms with Crippen molar-refractivity contribution in [2.24, 2.45) is 5.41 Å². The lowest BCUT2D eigenvalue weighted by molar-refractivity contribution is 0.485. The molecule has 0 saturated heterocycles. The molecule has 23 heavy (non-hydrogen) atoms. The maximum absolute atomic E-state index is 13.1. The molecule has 0 fully saturated rings. The summed E-state index contributed by atoms with van der Waals surface area (Å²) in [4.78, 5) is 0.370. The molecular formula is C19H27NO2S. The average molecular weight is 333 g/mol. The van der Waals surface area contributed by atoms with Crippen molar-refractivity contribution in [1.82, 2.24) is 4.31 Å². The van der Waals surface area contributed by atoms with Crippen LogP contribution in [0, 0.1) is 12.3 Å². The number of benzene rings is 1. The molecule has 2 rings (SSSR count). The van der Waals surface area contributed by atoms with Gasteiger partial charge in [0.1, 0.15) is 0 Å². The van der Waals surface area contributed by atoms with E-state index in [-0.39, 0.29) is 5.41 Å². The summed E-state index contributed by atoms with van der Waals surface area (Å²) < 4.78 is 27.7. The van der Waals surface area contributed by atoms with Gasteiger partial charge in [-0.25, -0.2) is 8.42 Å². The summed E-state index contributed by atoms with van der Waals surface area (Å²) in [6.45, 7) is 12.7. The van der Waals surface area contributed by atoms with E-state index in [1.807, 2.05) is 25.1 Å². The molecule has 126 valence electrons. The minimum Gasteiger partial charge on any atom is -0.270 e. The molecule has 4 heteroatoms. The summed E-state index contributed by atoms with van der Waals surface area (Å²) >= 11 is 0. The fourth-order valence-electron chi connectivity index (χ4n) is 3.07. The van der Waals surface area contributed by atoms with E-state index in [4.69, 9.17) is 0 Å². The highest BCUT2D eigenvalue weighted by Gasteiger charge is 2.36. The fourth-order valence-corrected chi connectivity index (χ4v) is 4.63. The normalized spacial score (nSPS) is 16.1. The molecule has 0 radical (unpaired) electrons. The Balaban J connectivity index is 2.46. The van der Waals surface area contributed by atoms with Gasteiger partial charge in [0.05, 0.1) is 4.90 Å². The third-order valence-electron chi connectivity index (χ3n) is 4.31. The summed E-state index contributed by atoms with van der Waals surface area (Å²) in [5, 5.41) is 0.